The molecule has 0 N–H and O–H groups in total. The molecule has 0 saturated carbocycles. The number of nitrogens with zero attached hydrogens (tertiary/aromatic N) is 1. The number of benzene rings is 4. The Labute approximate surface area is 209 Å². The molecule has 1 heterocycles. The molecule has 1 nitrogen and oxygen atoms in total. The van der Waals surface area contributed by atoms with E-state index in [2.05, 4.69) is 136 Å². The van der Waals surface area contributed by atoms with Crippen molar-refractivity contribution in [1.82, 2.24) is 4.57 Å². The van der Waals surface area contributed by atoms with Crippen LogP contribution in [0.4, 0.5) is 0 Å². The first-order valence-electron chi connectivity index (χ1n) is 12.5. The van der Waals surface area contributed by atoms with Crippen LogP contribution in [-0.4, -0.2) is 4.57 Å². The fourth-order valence-corrected chi connectivity index (χ4v) is 4.96. The van der Waals surface area contributed by atoms with Gasteiger partial charge in [-0.05, 0) is 56.9 Å². The van der Waals surface area contributed by atoms with Crippen LogP contribution in [0.15, 0.2) is 97.1 Å². The van der Waals surface area contributed by atoms with Gasteiger partial charge < -0.3 is 4.57 Å². The lowest BCUT2D eigenvalue weighted by atomic mass is 9.90. The van der Waals surface area contributed by atoms with Crippen molar-refractivity contribution in [3.63, 3.8) is 0 Å². The van der Waals surface area contributed by atoms with Crippen LogP contribution in [0.2, 0.25) is 0 Å². The average molecular weight is 456 g/mol. The van der Waals surface area contributed by atoms with Gasteiger partial charge in [-0.2, -0.15) is 0 Å². The molecule has 1 heteroatoms. The van der Waals surface area contributed by atoms with Crippen LogP contribution in [0.25, 0.3) is 44.8 Å². The maximum Gasteiger partial charge on any atom is 0.0571 e. The third-order valence-corrected chi connectivity index (χ3v) is 6.91. The van der Waals surface area contributed by atoms with Gasteiger partial charge in [0, 0.05) is 17.7 Å². The standard InChI is InChI=1S/C34H33N/c1-6-35-33(29-19-11-25(4)12-20-29)31(27-15-7-23(2)8-16-27)32(28-17-9-24(3)10-18-28)34(35)30-21-13-26(5)14-22-30/h7-22H,6H2,1-5H3. The van der Waals surface area contributed by atoms with E-state index >= 15 is 0 Å². The van der Waals surface area contributed by atoms with Crippen molar-refractivity contribution in [3.05, 3.63) is 119 Å². The topological polar surface area (TPSA) is 4.93 Å². The highest BCUT2D eigenvalue weighted by Crippen LogP contribution is 2.48. The first kappa shape index (κ1) is 22.9. The smallest absolute Gasteiger partial charge is 0.0571 e. The van der Waals surface area contributed by atoms with E-state index in [9.17, 15) is 0 Å². The van der Waals surface area contributed by atoms with Crippen molar-refractivity contribution in [2.24, 2.45) is 0 Å². The molecule has 0 bridgehead atoms. The molecule has 0 amide bonds. The molecule has 0 spiro atoms. The van der Waals surface area contributed by atoms with Crippen molar-refractivity contribution in [2.45, 2.75) is 41.2 Å². The van der Waals surface area contributed by atoms with Gasteiger partial charge in [0.1, 0.15) is 0 Å². The largest absolute Gasteiger partial charge is 0.340 e. The zero-order valence-electron chi connectivity index (χ0n) is 21.4. The monoisotopic (exact) mass is 455 g/mol. The van der Waals surface area contributed by atoms with Crippen LogP contribution in [0, 0.1) is 27.7 Å². The van der Waals surface area contributed by atoms with Crippen molar-refractivity contribution in [2.75, 3.05) is 0 Å². The SMILES string of the molecule is CCn1c(-c2ccc(C)cc2)c(-c2ccc(C)cc2)c(-c2ccc(C)cc2)c1-c1ccc(C)cc1. The van der Waals surface area contributed by atoms with Crippen LogP contribution in [0.1, 0.15) is 29.2 Å². The summed E-state index contributed by atoms with van der Waals surface area (Å²) in [6.07, 6.45) is 0. The molecule has 174 valence electrons. The number of hydrogen-bond acceptors (Lipinski definition) is 0. The summed E-state index contributed by atoms with van der Waals surface area (Å²) in [7, 11) is 0. The van der Waals surface area contributed by atoms with Crippen LogP contribution >= 0.6 is 0 Å². The Hall–Kier alpha value is -3.84. The molecule has 1 aromatic heterocycles. The van der Waals surface area contributed by atoms with E-state index in [0.717, 1.165) is 6.54 Å². The van der Waals surface area contributed by atoms with Crippen molar-refractivity contribution in [3.8, 4) is 44.8 Å². The van der Waals surface area contributed by atoms with Crippen LogP contribution in [0.3, 0.4) is 0 Å². The van der Waals surface area contributed by atoms with Crippen LogP contribution in [0.5, 0.6) is 0 Å². The lowest BCUT2D eigenvalue weighted by molar-refractivity contribution is 0.785. The summed E-state index contributed by atoms with van der Waals surface area (Å²) >= 11 is 0. The van der Waals surface area contributed by atoms with Gasteiger partial charge in [0.2, 0.25) is 0 Å². The second kappa shape index (κ2) is 9.43. The maximum atomic E-state index is 2.51. The minimum atomic E-state index is 0.886. The molecule has 5 aromatic rings. The fraction of sp³-hybridized carbons (Fsp3) is 0.176. The normalized spacial score (nSPS) is 11.1. The predicted octanol–water partition coefficient (Wildman–Crippen LogP) is 9.41. The predicted molar refractivity (Wildman–Crippen MR) is 151 cm³/mol. The Morgan fingerprint density at radius 1 is 0.400 bits per heavy atom. The van der Waals surface area contributed by atoms with Gasteiger partial charge in [0.25, 0.3) is 0 Å². The molecule has 0 aliphatic heterocycles. The third-order valence-electron chi connectivity index (χ3n) is 6.91. The lowest BCUT2D eigenvalue weighted by Crippen LogP contribution is -2.00. The van der Waals surface area contributed by atoms with Gasteiger partial charge in [-0.1, -0.05) is 119 Å². The van der Waals surface area contributed by atoms with E-state index in [1.54, 1.807) is 0 Å². The molecule has 0 aliphatic carbocycles. The minimum Gasteiger partial charge on any atom is -0.340 e. The van der Waals surface area contributed by atoms with E-state index in [1.807, 2.05) is 0 Å². The molecule has 35 heavy (non-hydrogen) atoms. The maximum absolute atomic E-state index is 2.51. The Kier molecular flexibility index (Phi) is 6.17. The lowest BCUT2D eigenvalue weighted by Gasteiger charge is -2.14. The highest BCUT2D eigenvalue weighted by atomic mass is 15.0. The van der Waals surface area contributed by atoms with Crippen molar-refractivity contribution in [1.29, 1.82) is 0 Å². The van der Waals surface area contributed by atoms with Gasteiger partial charge in [-0.15, -0.1) is 0 Å². The van der Waals surface area contributed by atoms with E-state index in [-0.39, 0.29) is 0 Å². The van der Waals surface area contributed by atoms with Gasteiger partial charge in [0.15, 0.2) is 0 Å². The molecule has 4 aromatic carbocycles. The number of hydrogen-bond donors (Lipinski definition) is 0. The summed E-state index contributed by atoms with van der Waals surface area (Å²) in [5, 5.41) is 0. The van der Waals surface area contributed by atoms with Gasteiger partial charge >= 0.3 is 0 Å². The fourth-order valence-electron chi connectivity index (χ4n) is 4.96. The van der Waals surface area contributed by atoms with Crippen LogP contribution < -0.4 is 0 Å². The van der Waals surface area contributed by atoms with Crippen molar-refractivity contribution >= 4 is 0 Å². The van der Waals surface area contributed by atoms with Gasteiger partial charge in [-0.25, -0.2) is 0 Å². The molecule has 0 aliphatic rings. The highest BCUT2D eigenvalue weighted by Gasteiger charge is 2.26. The Morgan fingerprint density at radius 3 is 0.914 bits per heavy atom. The Morgan fingerprint density at radius 2 is 0.657 bits per heavy atom. The Balaban J connectivity index is 1.95. The quantitative estimate of drug-likeness (QED) is 0.249. The summed E-state index contributed by atoms with van der Waals surface area (Å²) < 4.78 is 2.51. The van der Waals surface area contributed by atoms with E-state index in [1.165, 1.54) is 67.0 Å². The molecule has 0 fully saturated rings. The third kappa shape index (κ3) is 4.35. The van der Waals surface area contributed by atoms with Crippen LogP contribution in [-0.2, 0) is 6.54 Å². The van der Waals surface area contributed by atoms with E-state index < -0.39 is 0 Å². The molecule has 0 unspecified atom stereocenters. The summed E-state index contributed by atoms with van der Waals surface area (Å²) in [5.74, 6) is 0. The molecule has 5 rings (SSSR count). The van der Waals surface area contributed by atoms with Gasteiger partial charge in [0.05, 0.1) is 11.4 Å². The average Bonchev–Trinajstić information content (AvgIpc) is 3.21. The van der Waals surface area contributed by atoms with Gasteiger partial charge in [-0.3, -0.25) is 0 Å². The van der Waals surface area contributed by atoms with E-state index in [0.29, 0.717) is 0 Å². The number of aromatic nitrogens is 1. The zero-order valence-corrected chi connectivity index (χ0v) is 21.4. The molecule has 0 atom stereocenters. The molecular weight excluding hydrogens is 422 g/mol. The summed E-state index contributed by atoms with van der Waals surface area (Å²) in [6, 6.07) is 36.0. The second-order valence-corrected chi connectivity index (χ2v) is 9.66. The summed E-state index contributed by atoms with van der Waals surface area (Å²) in [4.78, 5) is 0. The number of aryl methyl sites for hydroxylation is 4. The van der Waals surface area contributed by atoms with E-state index in [4.69, 9.17) is 0 Å². The number of rotatable bonds is 5. The minimum absolute atomic E-state index is 0.886. The first-order valence-corrected chi connectivity index (χ1v) is 12.5. The summed E-state index contributed by atoms with van der Waals surface area (Å²) in [5.41, 5.74) is 15.3. The molecule has 0 radical (unpaired) electrons. The Bertz CT molecular complexity index is 1330. The molecule has 0 saturated heterocycles. The van der Waals surface area contributed by atoms with Crippen molar-refractivity contribution < 1.29 is 0 Å². The zero-order chi connectivity index (χ0) is 24.5. The second-order valence-electron chi connectivity index (χ2n) is 9.66. The highest BCUT2D eigenvalue weighted by molar-refractivity contribution is 6.02. The molecular formula is C34H33N. The first-order chi connectivity index (χ1) is 17.0. The summed E-state index contributed by atoms with van der Waals surface area (Å²) in [6.45, 7) is 11.8.